The number of carbonyl (C=O) groups is 3. The normalized spacial score (nSPS) is 14.9. The molecule has 0 atom stereocenters. The van der Waals surface area contributed by atoms with E-state index in [4.69, 9.17) is 9.47 Å². The van der Waals surface area contributed by atoms with Gasteiger partial charge in [0.1, 0.15) is 18.1 Å². The predicted molar refractivity (Wildman–Crippen MR) is 105 cm³/mol. The Morgan fingerprint density at radius 3 is 2.53 bits per heavy atom. The molecule has 2 aromatic carbocycles. The van der Waals surface area contributed by atoms with Crippen LogP contribution in [0, 0.1) is 5.82 Å². The summed E-state index contributed by atoms with van der Waals surface area (Å²) in [5.41, 5.74) is 0.981. The first kappa shape index (κ1) is 19.4. The molecule has 3 amide bonds. The summed E-state index contributed by atoms with van der Waals surface area (Å²) >= 11 is 0. The predicted octanol–water partition coefficient (Wildman–Crippen LogP) is 2.11. The van der Waals surface area contributed by atoms with Crippen molar-refractivity contribution in [2.24, 2.45) is 5.10 Å². The van der Waals surface area contributed by atoms with E-state index in [2.05, 4.69) is 15.7 Å². The minimum absolute atomic E-state index is 0.0486. The fourth-order valence-corrected chi connectivity index (χ4v) is 2.94. The van der Waals surface area contributed by atoms with E-state index in [0.29, 0.717) is 22.9 Å². The summed E-state index contributed by atoms with van der Waals surface area (Å²) in [6.45, 7) is -0.229. The van der Waals surface area contributed by atoms with Gasteiger partial charge in [0.05, 0.1) is 0 Å². The van der Waals surface area contributed by atoms with Gasteiger partial charge in [0.25, 0.3) is 5.91 Å². The summed E-state index contributed by atoms with van der Waals surface area (Å²) in [4.78, 5) is 36.9. The summed E-state index contributed by atoms with van der Waals surface area (Å²) in [5.74, 6) is -0.691. The van der Waals surface area contributed by atoms with Crippen LogP contribution in [0.2, 0.25) is 0 Å². The molecule has 0 bridgehead atoms. The van der Waals surface area contributed by atoms with Crippen LogP contribution in [-0.2, 0) is 14.4 Å². The van der Waals surface area contributed by atoms with E-state index in [1.54, 1.807) is 18.2 Å². The lowest BCUT2D eigenvalue weighted by Gasteiger charge is -2.22. The highest BCUT2D eigenvalue weighted by atomic mass is 19.1. The van der Waals surface area contributed by atoms with Crippen molar-refractivity contribution in [2.75, 3.05) is 24.0 Å². The Bertz CT molecular complexity index is 1040. The Morgan fingerprint density at radius 1 is 1.00 bits per heavy atom. The number of halogens is 1. The molecule has 2 aliphatic heterocycles. The van der Waals surface area contributed by atoms with Crippen LogP contribution in [0.25, 0.3) is 0 Å². The van der Waals surface area contributed by atoms with Gasteiger partial charge < -0.3 is 20.1 Å². The number of benzene rings is 2. The van der Waals surface area contributed by atoms with Gasteiger partial charge in [-0.1, -0.05) is 0 Å². The molecular weight excluding hydrogens is 395 g/mol. The molecule has 30 heavy (non-hydrogen) atoms. The Labute approximate surface area is 170 Å². The lowest BCUT2D eigenvalue weighted by molar-refractivity contribution is -0.135. The van der Waals surface area contributed by atoms with E-state index < -0.39 is 17.6 Å². The van der Waals surface area contributed by atoms with Gasteiger partial charge in [-0.25, -0.2) is 9.40 Å². The molecule has 2 N–H and O–H groups in total. The maximum absolute atomic E-state index is 13.0. The van der Waals surface area contributed by atoms with Crippen molar-refractivity contribution < 1.29 is 28.2 Å². The zero-order chi connectivity index (χ0) is 21.1. The number of rotatable bonds is 5. The molecule has 0 aromatic heterocycles. The third-order valence-corrected chi connectivity index (χ3v) is 4.42. The van der Waals surface area contributed by atoms with Gasteiger partial charge in [0.2, 0.25) is 18.6 Å². The second-order valence-electron chi connectivity index (χ2n) is 6.58. The van der Waals surface area contributed by atoms with Gasteiger partial charge in [-0.3, -0.25) is 14.4 Å². The van der Waals surface area contributed by atoms with Gasteiger partial charge >= 0.3 is 0 Å². The number of hydrazone groups is 1. The lowest BCUT2D eigenvalue weighted by atomic mass is 10.1. The minimum Gasteiger partial charge on any atom is -0.454 e. The third kappa shape index (κ3) is 4.37. The third-order valence-electron chi connectivity index (χ3n) is 4.42. The second-order valence-corrected chi connectivity index (χ2v) is 6.58. The first-order valence-electron chi connectivity index (χ1n) is 9.12. The molecule has 0 unspecified atom stereocenters. The number of carbonyl (C=O) groups excluding carboxylic acids is 3. The van der Waals surface area contributed by atoms with Crippen molar-refractivity contribution >= 4 is 34.8 Å². The maximum Gasteiger partial charge on any atom is 0.271 e. The van der Waals surface area contributed by atoms with Gasteiger partial charge in [-0.15, -0.1) is 0 Å². The highest BCUT2D eigenvalue weighted by molar-refractivity contribution is 6.43. The molecule has 9 nitrogen and oxygen atoms in total. The van der Waals surface area contributed by atoms with Crippen LogP contribution in [0.15, 0.2) is 47.6 Å². The van der Waals surface area contributed by atoms with Gasteiger partial charge in [-0.2, -0.15) is 5.10 Å². The van der Waals surface area contributed by atoms with Crippen molar-refractivity contribution in [3.8, 4) is 11.5 Å². The first-order valence-corrected chi connectivity index (χ1v) is 9.12. The molecule has 0 saturated heterocycles. The van der Waals surface area contributed by atoms with Gasteiger partial charge in [0.15, 0.2) is 11.5 Å². The molecule has 2 aliphatic rings. The first-order chi connectivity index (χ1) is 14.5. The molecule has 0 spiro atoms. The van der Waals surface area contributed by atoms with Crippen LogP contribution in [0.3, 0.4) is 0 Å². The lowest BCUT2D eigenvalue weighted by Crippen LogP contribution is -2.40. The molecule has 0 fully saturated rings. The molecule has 2 aromatic rings. The largest absolute Gasteiger partial charge is 0.454 e. The zero-order valence-corrected chi connectivity index (χ0v) is 15.7. The molecule has 10 heteroatoms. The SMILES string of the molecule is O=C(CN1N=C(C(=O)Nc2ccc(F)cc2)CCC1=O)Nc1ccc2c(c1)OCO2. The molecular formula is C20H17FN4O5. The number of ether oxygens (including phenoxy) is 2. The standard InChI is InChI=1S/C20H17FN4O5/c21-12-1-3-13(4-2-12)23-20(28)15-6-8-19(27)25(24-15)10-18(26)22-14-5-7-16-17(9-14)30-11-29-16/h1-5,7,9H,6,8,10-11H2,(H,22,26)(H,23,28). The Balaban J connectivity index is 1.39. The number of nitrogens with zero attached hydrogens (tertiary/aromatic N) is 2. The molecule has 154 valence electrons. The number of hydrogen-bond donors (Lipinski definition) is 2. The quantitative estimate of drug-likeness (QED) is 0.782. The zero-order valence-electron chi connectivity index (χ0n) is 15.7. The maximum atomic E-state index is 13.0. The van der Waals surface area contributed by atoms with Crippen LogP contribution in [-0.4, -0.2) is 41.8 Å². The van der Waals surface area contributed by atoms with E-state index in [1.807, 2.05) is 0 Å². The summed E-state index contributed by atoms with van der Waals surface area (Å²) in [5, 5.41) is 10.2. The van der Waals surface area contributed by atoms with Crippen LogP contribution < -0.4 is 20.1 Å². The highest BCUT2D eigenvalue weighted by Gasteiger charge is 2.26. The van der Waals surface area contributed by atoms with Crippen LogP contribution in [0.4, 0.5) is 15.8 Å². The molecule has 0 radical (unpaired) electrons. The van der Waals surface area contributed by atoms with Crippen molar-refractivity contribution in [3.63, 3.8) is 0 Å². The fraction of sp³-hybridized carbons (Fsp3) is 0.200. The Hall–Kier alpha value is -3.95. The van der Waals surface area contributed by atoms with Crippen molar-refractivity contribution in [1.82, 2.24) is 5.01 Å². The van der Waals surface area contributed by atoms with E-state index >= 15 is 0 Å². The summed E-state index contributed by atoms with van der Waals surface area (Å²) < 4.78 is 23.5. The molecule has 0 aliphatic carbocycles. The average molecular weight is 412 g/mol. The van der Waals surface area contributed by atoms with Crippen molar-refractivity contribution in [3.05, 3.63) is 48.3 Å². The van der Waals surface area contributed by atoms with Gasteiger partial charge in [0, 0.05) is 30.3 Å². The van der Waals surface area contributed by atoms with Crippen molar-refractivity contribution in [2.45, 2.75) is 12.8 Å². The van der Waals surface area contributed by atoms with E-state index in [0.717, 1.165) is 5.01 Å². The molecule has 4 rings (SSSR count). The number of fused-ring (bicyclic) bond motifs is 1. The second kappa shape index (κ2) is 8.19. The van der Waals surface area contributed by atoms with E-state index in [9.17, 15) is 18.8 Å². The summed E-state index contributed by atoms with van der Waals surface area (Å²) in [6.07, 6.45) is 0.194. The Morgan fingerprint density at radius 2 is 1.73 bits per heavy atom. The molecule has 0 saturated carbocycles. The highest BCUT2D eigenvalue weighted by Crippen LogP contribution is 2.34. The van der Waals surface area contributed by atoms with Crippen molar-refractivity contribution in [1.29, 1.82) is 0 Å². The topological polar surface area (TPSA) is 109 Å². The van der Waals surface area contributed by atoms with E-state index in [1.165, 1.54) is 24.3 Å². The number of amides is 3. The number of anilines is 2. The van der Waals surface area contributed by atoms with Crippen LogP contribution in [0.5, 0.6) is 11.5 Å². The van der Waals surface area contributed by atoms with Gasteiger partial charge in [-0.05, 0) is 36.4 Å². The molecule has 2 heterocycles. The number of hydrogen-bond acceptors (Lipinski definition) is 6. The number of nitrogens with one attached hydrogen (secondary N) is 2. The van der Waals surface area contributed by atoms with Crippen LogP contribution >= 0.6 is 0 Å². The minimum atomic E-state index is -0.518. The summed E-state index contributed by atoms with van der Waals surface area (Å²) in [6, 6.07) is 10.2. The average Bonchev–Trinajstić information content (AvgIpc) is 3.19. The van der Waals surface area contributed by atoms with Crippen LogP contribution in [0.1, 0.15) is 12.8 Å². The van der Waals surface area contributed by atoms with E-state index in [-0.39, 0.29) is 37.8 Å². The summed E-state index contributed by atoms with van der Waals surface area (Å²) in [7, 11) is 0. The monoisotopic (exact) mass is 412 g/mol. The smallest absolute Gasteiger partial charge is 0.271 e. The fourth-order valence-electron chi connectivity index (χ4n) is 2.94. The Kier molecular flexibility index (Phi) is 5.29.